The zero-order valence-electron chi connectivity index (χ0n) is 15.8. The van der Waals surface area contributed by atoms with Gasteiger partial charge in [0.15, 0.2) is 5.16 Å². The molecule has 0 fully saturated rings. The second-order valence-corrected chi connectivity index (χ2v) is 7.94. The maximum absolute atomic E-state index is 13.7. The van der Waals surface area contributed by atoms with Crippen molar-refractivity contribution in [2.75, 3.05) is 6.26 Å². The summed E-state index contributed by atoms with van der Waals surface area (Å²) in [7, 11) is 0. The van der Waals surface area contributed by atoms with Gasteiger partial charge in [0.05, 0.1) is 28.6 Å². The molecule has 4 nitrogen and oxygen atoms in total. The minimum Gasteiger partial charge on any atom is -0.326 e. The fraction of sp³-hybridized carbons (Fsp3) is 0.333. The highest BCUT2D eigenvalue weighted by Crippen LogP contribution is 2.25. The molecule has 0 saturated carbocycles. The Bertz CT molecular complexity index is 1100. The van der Waals surface area contributed by atoms with Gasteiger partial charge in [-0.2, -0.15) is 0 Å². The Balaban J connectivity index is 1.83. The summed E-state index contributed by atoms with van der Waals surface area (Å²) in [5.41, 5.74) is 3.78. The molecule has 0 amide bonds. The number of nitrogens with zero attached hydrogens (tertiary/aromatic N) is 4. The lowest BCUT2D eigenvalue weighted by atomic mass is 10.1. The number of hydrogen-bond acceptors (Lipinski definition) is 3. The van der Waals surface area contributed by atoms with Crippen LogP contribution in [0.2, 0.25) is 0 Å². The Morgan fingerprint density at radius 2 is 1.78 bits per heavy atom. The third kappa shape index (κ3) is 3.46. The average Bonchev–Trinajstić information content (AvgIpc) is 3.17. The molecule has 140 valence electrons. The fourth-order valence-electron chi connectivity index (χ4n) is 3.41. The van der Waals surface area contributed by atoms with Crippen molar-refractivity contribution in [1.82, 2.24) is 19.1 Å². The molecule has 0 aliphatic carbocycles. The first kappa shape index (κ1) is 18.0. The van der Waals surface area contributed by atoms with Gasteiger partial charge >= 0.3 is 0 Å². The molecule has 0 spiro atoms. The van der Waals surface area contributed by atoms with Gasteiger partial charge in [-0.15, -0.1) is 0 Å². The molecule has 4 rings (SSSR count). The van der Waals surface area contributed by atoms with Crippen LogP contribution in [-0.4, -0.2) is 25.4 Å². The normalized spacial score (nSPS) is 11.9. The van der Waals surface area contributed by atoms with E-state index in [-0.39, 0.29) is 5.82 Å². The number of rotatable bonds is 6. The lowest BCUT2D eigenvalue weighted by molar-refractivity contribution is 0.506. The van der Waals surface area contributed by atoms with Crippen molar-refractivity contribution < 1.29 is 4.39 Å². The maximum atomic E-state index is 13.7. The van der Waals surface area contributed by atoms with Crippen LogP contribution in [0.25, 0.3) is 22.1 Å². The monoisotopic (exact) mass is 382 g/mol. The minimum atomic E-state index is -0.250. The first-order chi connectivity index (χ1) is 13.1. The molecule has 4 aromatic rings. The number of thioether (sulfide) groups is 1. The highest BCUT2D eigenvalue weighted by molar-refractivity contribution is 7.98. The van der Waals surface area contributed by atoms with Crippen molar-refractivity contribution in [2.45, 2.75) is 38.5 Å². The highest BCUT2D eigenvalue weighted by Gasteiger charge is 2.16. The number of fused-ring (bicyclic) bond motifs is 2. The lowest BCUT2D eigenvalue weighted by Gasteiger charge is -2.13. The molecule has 0 radical (unpaired) electrons. The predicted molar refractivity (Wildman–Crippen MR) is 110 cm³/mol. The van der Waals surface area contributed by atoms with Crippen LogP contribution in [0.4, 0.5) is 4.39 Å². The highest BCUT2D eigenvalue weighted by atomic mass is 32.2. The first-order valence-electron chi connectivity index (χ1n) is 9.20. The number of benzene rings is 2. The molecule has 0 bridgehead atoms. The molecule has 0 saturated heterocycles. The quantitative estimate of drug-likeness (QED) is 0.422. The molecule has 0 unspecified atom stereocenters. The molecule has 2 heterocycles. The number of para-hydroxylation sites is 2. The summed E-state index contributed by atoms with van der Waals surface area (Å²) < 4.78 is 18.2. The molecular weight excluding hydrogens is 359 g/mol. The smallest absolute Gasteiger partial charge is 0.169 e. The van der Waals surface area contributed by atoms with E-state index in [2.05, 4.69) is 29.0 Å². The van der Waals surface area contributed by atoms with Gasteiger partial charge in [-0.25, -0.2) is 14.4 Å². The third-order valence-corrected chi connectivity index (χ3v) is 5.50. The molecule has 0 atom stereocenters. The zero-order valence-corrected chi connectivity index (χ0v) is 16.6. The van der Waals surface area contributed by atoms with Crippen molar-refractivity contribution in [3.63, 3.8) is 0 Å². The van der Waals surface area contributed by atoms with Crippen molar-refractivity contribution >= 4 is 33.8 Å². The van der Waals surface area contributed by atoms with Crippen LogP contribution in [0.3, 0.4) is 0 Å². The number of aromatic nitrogens is 4. The number of imidazole rings is 2. The Hall–Kier alpha value is -2.34. The second kappa shape index (κ2) is 7.35. The van der Waals surface area contributed by atoms with E-state index < -0.39 is 0 Å². The molecule has 0 aliphatic rings. The molecule has 0 N–H and O–H groups in total. The third-order valence-electron chi connectivity index (χ3n) is 4.82. The summed E-state index contributed by atoms with van der Waals surface area (Å²) in [5.74, 6) is 1.28. The Kier molecular flexibility index (Phi) is 4.91. The van der Waals surface area contributed by atoms with E-state index in [0.29, 0.717) is 18.0 Å². The van der Waals surface area contributed by atoms with Gasteiger partial charge < -0.3 is 9.13 Å². The van der Waals surface area contributed by atoms with Crippen molar-refractivity contribution in [3.8, 4) is 0 Å². The largest absolute Gasteiger partial charge is 0.326 e. The van der Waals surface area contributed by atoms with Gasteiger partial charge in [0.1, 0.15) is 11.6 Å². The van der Waals surface area contributed by atoms with Crippen LogP contribution in [0.15, 0.2) is 47.6 Å². The predicted octanol–water partition coefficient (Wildman–Crippen LogP) is 5.34. The van der Waals surface area contributed by atoms with Crippen LogP contribution in [0.5, 0.6) is 0 Å². The Labute approximate surface area is 162 Å². The SMILES string of the molecule is CSc1nc2ccccc2n1Cc1nc2cc(F)ccc2n1CCC(C)C. The van der Waals surface area contributed by atoms with Crippen molar-refractivity contribution in [2.24, 2.45) is 5.92 Å². The van der Waals surface area contributed by atoms with Gasteiger partial charge in [-0.05, 0) is 42.9 Å². The second-order valence-electron chi connectivity index (χ2n) is 7.17. The fourth-order valence-corrected chi connectivity index (χ4v) is 3.99. The summed E-state index contributed by atoms with van der Waals surface area (Å²) >= 11 is 1.63. The first-order valence-corrected chi connectivity index (χ1v) is 10.4. The standard InChI is InChI=1S/C21H23FN4S/c1-14(2)10-11-25-19-9-8-15(22)12-17(19)23-20(25)13-26-18-7-5-4-6-16(18)24-21(26)27-3/h4-9,12,14H,10-11,13H2,1-3H3. The molecule has 27 heavy (non-hydrogen) atoms. The van der Waals surface area contributed by atoms with Gasteiger partial charge in [0.25, 0.3) is 0 Å². The molecule has 0 aliphatic heterocycles. The Morgan fingerprint density at radius 1 is 1.00 bits per heavy atom. The Morgan fingerprint density at radius 3 is 2.56 bits per heavy atom. The number of aryl methyl sites for hydroxylation is 1. The van der Waals surface area contributed by atoms with E-state index in [0.717, 1.165) is 40.5 Å². The minimum absolute atomic E-state index is 0.250. The topological polar surface area (TPSA) is 35.6 Å². The molecular formula is C21H23FN4S. The van der Waals surface area contributed by atoms with Crippen molar-refractivity contribution in [3.05, 3.63) is 54.1 Å². The summed E-state index contributed by atoms with van der Waals surface area (Å²) in [6.45, 7) is 5.92. The summed E-state index contributed by atoms with van der Waals surface area (Å²) in [6.07, 6.45) is 3.09. The lowest BCUT2D eigenvalue weighted by Crippen LogP contribution is -2.11. The van der Waals surface area contributed by atoms with E-state index in [1.807, 2.05) is 30.5 Å². The maximum Gasteiger partial charge on any atom is 0.169 e. The van der Waals surface area contributed by atoms with E-state index in [9.17, 15) is 4.39 Å². The molecule has 2 aromatic carbocycles. The summed E-state index contributed by atoms with van der Waals surface area (Å²) in [4.78, 5) is 9.50. The number of hydrogen-bond donors (Lipinski definition) is 0. The van der Waals surface area contributed by atoms with Gasteiger partial charge in [-0.3, -0.25) is 0 Å². The van der Waals surface area contributed by atoms with Gasteiger partial charge in [0.2, 0.25) is 0 Å². The van der Waals surface area contributed by atoms with Crippen LogP contribution in [0.1, 0.15) is 26.1 Å². The summed E-state index contributed by atoms with van der Waals surface area (Å²) in [5, 5.41) is 0.963. The number of halogens is 1. The molecule has 2 aromatic heterocycles. The van der Waals surface area contributed by atoms with Gasteiger partial charge in [-0.1, -0.05) is 37.7 Å². The van der Waals surface area contributed by atoms with E-state index in [1.54, 1.807) is 11.8 Å². The van der Waals surface area contributed by atoms with E-state index in [4.69, 9.17) is 9.97 Å². The van der Waals surface area contributed by atoms with Gasteiger partial charge in [0, 0.05) is 12.6 Å². The van der Waals surface area contributed by atoms with Crippen molar-refractivity contribution in [1.29, 1.82) is 0 Å². The van der Waals surface area contributed by atoms with Crippen LogP contribution < -0.4 is 0 Å². The van der Waals surface area contributed by atoms with Crippen LogP contribution >= 0.6 is 11.8 Å². The zero-order chi connectivity index (χ0) is 19.0. The van der Waals surface area contributed by atoms with E-state index >= 15 is 0 Å². The summed E-state index contributed by atoms with van der Waals surface area (Å²) in [6, 6.07) is 13.0. The molecule has 6 heteroatoms. The van der Waals surface area contributed by atoms with Crippen LogP contribution in [-0.2, 0) is 13.1 Å². The van der Waals surface area contributed by atoms with Crippen LogP contribution in [0, 0.1) is 11.7 Å². The average molecular weight is 383 g/mol. The van der Waals surface area contributed by atoms with E-state index in [1.165, 1.54) is 12.1 Å².